The standard InChI is InChI=1S/C14H15F3O2/c1-5-9-8-10(14(15,16)17)6-7-11(9)12(18)19-13(2,3)4/h5-8H,1H2,2-4H3. The fourth-order valence-corrected chi connectivity index (χ4v) is 1.43. The molecule has 0 N–H and O–H groups in total. The van der Waals surface area contributed by atoms with Crippen LogP contribution in [0.3, 0.4) is 0 Å². The monoisotopic (exact) mass is 272 g/mol. The van der Waals surface area contributed by atoms with E-state index in [2.05, 4.69) is 6.58 Å². The molecule has 0 saturated carbocycles. The minimum Gasteiger partial charge on any atom is -0.456 e. The smallest absolute Gasteiger partial charge is 0.416 e. The highest BCUT2D eigenvalue weighted by Crippen LogP contribution is 2.31. The topological polar surface area (TPSA) is 26.3 Å². The predicted molar refractivity (Wildman–Crippen MR) is 66.7 cm³/mol. The molecule has 0 aliphatic carbocycles. The summed E-state index contributed by atoms with van der Waals surface area (Å²) >= 11 is 0. The zero-order valence-corrected chi connectivity index (χ0v) is 11.0. The minimum absolute atomic E-state index is 0.0675. The van der Waals surface area contributed by atoms with Crippen molar-refractivity contribution in [1.29, 1.82) is 0 Å². The molecule has 0 saturated heterocycles. The third-order valence-corrected chi connectivity index (χ3v) is 2.22. The number of ether oxygens (including phenoxy) is 1. The van der Waals surface area contributed by atoms with Gasteiger partial charge in [0.25, 0.3) is 0 Å². The average molecular weight is 272 g/mol. The van der Waals surface area contributed by atoms with Crippen LogP contribution in [0.15, 0.2) is 24.8 Å². The summed E-state index contributed by atoms with van der Waals surface area (Å²) in [7, 11) is 0. The van der Waals surface area contributed by atoms with E-state index in [9.17, 15) is 18.0 Å². The lowest BCUT2D eigenvalue weighted by atomic mass is 10.0. The Hall–Kier alpha value is -1.78. The molecule has 19 heavy (non-hydrogen) atoms. The van der Waals surface area contributed by atoms with E-state index in [1.807, 2.05) is 0 Å². The van der Waals surface area contributed by atoms with E-state index >= 15 is 0 Å². The van der Waals surface area contributed by atoms with Gasteiger partial charge in [-0.05, 0) is 44.5 Å². The molecule has 0 atom stereocenters. The van der Waals surface area contributed by atoms with Gasteiger partial charge in [0.1, 0.15) is 5.60 Å². The van der Waals surface area contributed by atoms with Crippen LogP contribution in [0.5, 0.6) is 0 Å². The van der Waals surface area contributed by atoms with Crippen molar-refractivity contribution in [2.24, 2.45) is 0 Å². The molecule has 0 spiro atoms. The Morgan fingerprint density at radius 1 is 1.26 bits per heavy atom. The lowest BCUT2D eigenvalue weighted by Gasteiger charge is -2.20. The molecule has 0 radical (unpaired) electrons. The van der Waals surface area contributed by atoms with Crippen molar-refractivity contribution in [3.63, 3.8) is 0 Å². The Kier molecular flexibility index (Phi) is 4.08. The van der Waals surface area contributed by atoms with Crippen LogP contribution in [0.25, 0.3) is 6.08 Å². The van der Waals surface area contributed by atoms with Crippen LogP contribution < -0.4 is 0 Å². The van der Waals surface area contributed by atoms with Crippen LogP contribution >= 0.6 is 0 Å². The summed E-state index contributed by atoms with van der Waals surface area (Å²) in [4.78, 5) is 11.8. The van der Waals surface area contributed by atoms with Gasteiger partial charge in [-0.25, -0.2) is 4.79 Å². The van der Waals surface area contributed by atoms with Gasteiger partial charge in [-0.1, -0.05) is 12.7 Å². The first-order valence-electron chi connectivity index (χ1n) is 5.61. The summed E-state index contributed by atoms with van der Waals surface area (Å²) in [6.45, 7) is 8.47. The van der Waals surface area contributed by atoms with Gasteiger partial charge in [-0.15, -0.1) is 0 Å². The van der Waals surface area contributed by atoms with E-state index in [-0.39, 0.29) is 11.1 Å². The first kappa shape index (κ1) is 15.3. The highest BCUT2D eigenvalue weighted by Gasteiger charge is 2.31. The summed E-state index contributed by atoms with van der Waals surface area (Å²) in [6, 6.07) is 2.84. The van der Waals surface area contributed by atoms with Crippen molar-refractivity contribution in [1.82, 2.24) is 0 Å². The molecule has 1 rings (SSSR count). The molecule has 1 aromatic rings. The molecule has 104 valence electrons. The zero-order chi connectivity index (χ0) is 14.8. The normalized spacial score (nSPS) is 12.1. The molecular formula is C14H15F3O2. The number of hydrogen-bond acceptors (Lipinski definition) is 2. The Morgan fingerprint density at radius 3 is 2.26 bits per heavy atom. The summed E-state index contributed by atoms with van der Waals surface area (Å²) in [5.74, 6) is -0.670. The molecule has 1 aromatic carbocycles. The second-order valence-corrected chi connectivity index (χ2v) is 5.01. The Labute approximate surface area is 109 Å². The summed E-state index contributed by atoms with van der Waals surface area (Å²) in [5.41, 5.74) is -1.37. The van der Waals surface area contributed by atoms with Crippen LogP contribution in [0, 0.1) is 0 Å². The third-order valence-electron chi connectivity index (χ3n) is 2.22. The average Bonchev–Trinajstić information content (AvgIpc) is 2.24. The first-order valence-corrected chi connectivity index (χ1v) is 5.61. The second-order valence-electron chi connectivity index (χ2n) is 5.01. The zero-order valence-electron chi connectivity index (χ0n) is 11.0. The van der Waals surface area contributed by atoms with Crippen LogP contribution in [-0.4, -0.2) is 11.6 Å². The van der Waals surface area contributed by atoms with E-state index in [4.69, 9.17) is 4.74 Å². The molecule has 2 nitrogen and oxygen atoms in total. The van der Waals surface area contributed by atoms with Crippen molar-refractivity contribution in [3.8, 4) is 0 Å². The molecular weight excluding hydrogens is 257 g/mol. The van der Waals surface area contributed by atoms with Gasteiger partial charge in [0.2, 0.25) is 0 Å². The second kappa shape index (κ2) is 5.07. The molecule has 0 aliphatic heterocycles. The summed E-state index contributed by atoms with van der Waals surface area (Å²) < 4.78 is 42.8. The van der Waals surface area contributed by atoms with Crippen LogP contribution in [0.4, 0.5) is 13.2 Å². The number of halogens is 3. The lowest BCUT2D eigenvalue weighted by molar-refractivity contribution is -0.137. The van der Waals surface area contributed by atoms with Gasteiger partial charge in [0.15, 0.2) is 0 Å². The van der Waals surface area contributed by atoms with E-state index in [0.29, 0.717) is 0 Å². The number of esters is 1. The number of rotatable bonds is 2. The lowest BCUT2D eigenvalue weighted by Crippen LogP contribution is -2.24. The van der Waals surface area contributed by atoms with Crippen molar-refractivity contribution < 1.29 is 22.7 Å². The van der Waals surface area contributed by atoms with Gasteiger partial charge < -0.3 is 4.74 Å². The van der Waals surface area contributed by atoms with Gasteiger partial charge in [0, 0.05) is 0 Å². The molecule has 0 aliphatic rings. The van der Waals surface area contributed by atoms with Gasteiger partial charge in [-0.3, -0.25) is 0 Å². The van der Waals surface area contributed by atoms with Crippen molar-refractivity contribution in [3.05, 3.63) is 41.5 Å². The van der Waals surface area contributed by atoms with E-state index in [1.165, 1.54) is 6.08 Å². The fourth-order valence-electron chi connectivity index (χ4n) is 1.43. The summed E-state index contributed by atoms with van der Waals surface area (Å²) in [5, 5.41) is 0. The van der Waals surface area contributed by atoms with Crippen LogP contribution in [0.2, 0.25) is 0 Å². The molecule has 0 aromatic heterocycles. The van der Waals surface area contributed by atoms with Gasteiger partial charge in [0.05, 0.1) is 11.1 Å². The molecule has 5 heteroatoms. The molecule has 0 fully saturated rings. The highest BCUT2D eigenvalue weighted by molar-refractivity contribution is 5.93. The highest BCUT2D eigenvalue weighted by atomic mass is 19.4. The molecule has 0 unspecified atom stereocenters. The molecule has 0 bridgehead atoms. The quantitative estimate of drug-likeness (QED) is 0.750. The van der Waals surface area contributed by atoms with E-state index in [0.717, 1.165) is 18.2 Å². The number of carbonyl (C=O) groups is 1. The largest absolute Gasteiger partial charge is 0.456 e. The SMILES string of the molecule is C=Cc1cc(C(F)(F)F)ccc1C(=O)OC(C)(C)C. The van der Waals surface area contributed by atoms with Crippen molar-refractivity contribution in [2.75, 3.05) is 0 Å². The fraction of sp³-hybridized carbons (Fsp3) is 0.357. The molecule has 0 heterocycles. The number of hydrogen-bond donors (Lipinski definition) is 0. The maximum Gasteiger partial charge on any atom is 0.416 e. The van der Waals surface area contributed by atoms with Crippen LogP contribution in [0.1, 0.15) is 42.3 Å². The Bertz CT molecular complexity index is 496. The number of alkyl halides is 3. The maximum absolute atomic E-state index is 12.6. The van der Waals surface area contributed by atoms with Gasteiger partial charge in [-0.2, -0.15) is 13.2 Å². The Balaban J connectivity index is 3.17. The third kappa shape index (κ3) is 4.12. The predicted octanol–water partition coefficient (Wildman–Crippen LogP) is 4.30. The number of benzene rings is 1. The maximum atomic E-state index is 12.6. The van der Waals surface area contributed by atoms with E-state index < -0.39 is 23.3 Å². The van der Waals surface area contributed by atoms with E-state index in [1.54, 1.807) is 20.8 Å². The minimum atomic E-state index is -4.45. The van der Waals surface area contributed by atoms with Crippen molar-refractivity contribution >= 4 is 12.0 Å². The Morgan fingerprint density at radius 2 is 1.84 bits per heavy atom. The van der Waals surface area contributed by atoms with Crippen LogP contribution in [-0.2, 0) is 10.9 Å². The van der Waals surface area contributed by atoms with Gasteiger partial charge >= 0.3 is 12.1 Å². The summed E-state index contributed by atoms with van der Waals surface area (Å²) in [6.07, 6.45) is -3.25. The van der Waals surface area contributed by atoms with Crippen molar-refractivity contribution in [2.45, 2.75) is 32.5 Å². The molecule has 0 amide bonds. The number of carbonyl (C=O) groups excluding carboxylic acids is 1. The first-order chi connectivity index (χ1) is 8.54.